The van der Waals surface area contributed by atoms with E-state index in [4.69, 9.17) is 0 Å². The smallest absolute Gasteiger partial charge is 0.393 e. The maximum Gasteiger partial charge on any atom is 0.438 e. The largest absolute Gasteiger partial charge is 0.438 e. The monoisotopic (exact) mass is 500 g/mol. The molecule has 34 heavy (non-hydrogen) atoms. The van der Waals surface area contributed by atoms with Crippen LogP contribution in [-0.4, -0.2) is 34.3 Å². The van der Waals surface area contributed by atoms with Crippen LogP contribution in [0.3, 0.4) is 0 Å². The summed E-state index contributed by atoms with van der Waals surface area (Å²) < 4.78 is 78.2. The van der Waals surface area contributed by atoms with Gasteiger partial charge in [-0.2, -0.15) is 26.3 Å². The average molecular weight is 501 g/mol. The van der Waals surface area contributed by atoms with Crippen LogP contribution in [0.2, 0.25) is 0 Å². The molecule has 200 valence electrons. The van der Waals surface area contributed by atoms with Crippen LogP contribution in [0.25, 0.3) is 0 Å². The van der Waals surface area contributed by atoms with Crippen molar-refractivity contribution in [2.24, 2.45) is 28.6 Å². The number of fused-ring (bicyclic) bond motifs is 1. The predicted octanol–water partition coefficient (Wildman–Crippen LogP) is 7.67. The summed E-state index contributed by atoms with van der Waals surface area (Å²) in [6.45, 7) is 12.1. The van der Waals surface area contributed by atoms with E-state index in [0.717, 1.165) is 50.9 Å². The summed E-state index contributed by atoms with van der Waals surface area (Å²) in [7, 11) is 0. The first kappa shape index (κ1) is 31.1. The molecule has 2 aliphatic rings. The number of alkyl halides is 6. The van der Waals surface area contributed by atoms with Crippen molar-refractivity contribution < 1.29 is 36.6 Å². The van der Waals surface area contributed by atoms with Gasteiger partial charge in [0, 0.05) is 6.42 Å². The zero-order valence-electron chi connectivity index (χ0n) is 21.3. The van der Waals surface area contributed by atoms with Crippen LogP contribution in [0.5, 0.6) is 0 Å². The van der Waals surface area contributed by atoms with E-state index in [1.165, 1.54) is 0 Å². The Morgan fingerprint density at radius 3 is 2.06 bits per heavy atom. The Bertz CT molecular complexity index is 691. The van der Waals surface area contributed by atoms with Gasteiger partial charge in [-0.3, -0.25) is 0 Å². The molecule has 0 saturated heterocycles. The Kier molecular flexibility index (Phi) is 10.4. The van der Waals surface area contributed by atoms with Crippen molar-refractivity contribution in [1.82, 2.24) is 0 Å². The lowest BCUT2D eigenvalue weighted by atomic mass is 9.56. The van der Waals surface area contributed by atoms with Gasteiger partial charge >= 0.3 is 18.0 Å². The van der Waals surface area contributed by atoms with E-state index >= 15 is 0 Å². The van der Waals surface area contributed by atoms with Crippen molar-refractivity contribution in [3.05, 3.63) is 0 Å². The standard InChI is InChI=1S/C24H36F6O2.C2H6/c1-16(2)8-5-12-20(3,13-7-15-22(32,23(25,26)27)24(28,29)30)19-11-10-17-18(31)9-6-14-21(17,19)4;1-2/h16-19,31-32H,5-6,8-14H2,1-4H3;1-2H3/t17?,18-,19+,20+,21-;/m0./s1. The van der Waals surface area contributed by atoms with Gasteiger partial charge in [-0.1, -0.05) is 66.7 Å². The van der Waals surface area contributed by atoms with E-state index in [9.17, 15) is 36.6 Å². The lowest BCUT2D eigenvalue weighted by Crippen LogP contribution is -2.55. The Hall–Kier alpha value is -0.940. The minimum Gasteiger partial charge on any atom is -0.393 e. The van der Waals surface area contributed by atoms with Gasteiger partial charge in [-0.25, -0.2) is 0 Å². The molecule has 2 rings (SSSR count). The average Bonchev–Trinajstić information content (AvgIpc) is 3.06. The lowest BCUT2D eigenvalue weighted by Gasteiger charge is -2.49. The lowest BCUT2D eigenvalue weighted by molar-refractivity contribution is -0.343. The fourth-order valence-corrected chi connectivity index (χ4v) is 6.27. The molecule has 0 amide bonds. The van der Waals surface area contributed by atoms with Crippen LogP contribution in [0.1, 0.15) is 99.3 Å². The summed E-state index contributed by atoms with van der Waals surface area (Å²) in [5.74, 6) is 3.81. The normalized spacial score (nSPS) is 29.4. The van der Waals surface area contributed by atoms with Gasteiger partial charge < -0.3 is 10.2 Å². The molecule has 2 saturated carbocycles. The van der Waals surface area contributed by atoms with Crippen LogP contribution in [-0.2, 0) is 0 Å². The van der Waals surface area contributed by atoms with Crippen LogP contribution in [0.4, 0.5) is 26.3 Å². The second-order valence-electron chi connectivity index (χ2n) is 10.8. The van der Waals surface area contributed by atoms with Crippen LogP contribution in [0.15, 0.2) is 0 Å². The van der Waals surface area contributed by atoms with E-state index in [0.29, 0.717) is 12.3 Å². The van der Waals surface area contributed by atoms with Crippen molar-refractivity contribution in [3.63, 3.8) is 0 Å². The number of aliphatic hydroxyl groups excluding tert-OH is 1. The van der Waals surface area contributed by atoms with Crippen molar-refractivity contribution in [3.8, 4) is 11.8 Å². The first-order chi connectivity index (χ1) is 15.5. The topological polar surface area (TPSA) is 40.5 Å². The predicted molar refractivity (Wildman–Crippen MR) is 122 cm³/mol. The molecule has 0 aliphatic heterocycles. The quantitative estimate of drug-likeness (QED) is 0.290. The third-order valence-electron chi connectivity index (χ3n) is 8.04. The number of halogens is 6. The van der Waals surface area contributed by atoms with Crippen molar-refractivity contribution in [1.29, 1.82) is 0 Å². The molecular formula is C26H42F6O2. The van der Waals surface area contributed by atoms with Crippen molar-refractivity contribution in [2.45, 2.75) is 123 Å². The third kappa shape index (κ3) is 6.43. The Morgan fingerprint density at radius 1 is 1.00 bits per heavy atom. The highest BCUT2D eigenvalue weighted by Gasteiger charge is 2.70. The van der Waals surface area contributed by atoms with E-state index in [1.807, 2.05) is 20.8 Å². The number of hydrogen-bond donors (Lipinski definition) is 2. The summed E-state index contributed by atoms with van der Waals surface area (Å²) in [6, 6.07) is 0. The van der Waals surface area contributed by atoms with Crippen molar-refractivity contribution >= 4 is 0 Å². The maximum atomic E-state index is 13.0. The van der Waals surface area contributed by atoms with Gasteiger partial charge in [0.2, 0.25) is 0 Å². The molecule has 8 heteroatoms. The summed E-state index contributed by atoms with van der Waals surface area (Å²) in [5.41, 5.74) is -5.88. The minimum atomic E-state index is -5.94. The van der Waals surface area contributed by atoms with Gasteiger partial charge in [0.15, 0.2) is 0 Å². The first-order valence-electron chi connectivity index (χ1n) is 12.5. The fourth-order valence-electron chi connectivity index (χ4n) is 6.27. The van der Waals surface area contributed by atoms with Gasteiger partial charge in [-0.15, -0.1) is 0 Å². The van der Waals surface area contributed by atoms with Gasteiger partial charge in [0.05, 0.1) is 6.10 Å². The highest BCUT2D eigenvalue weighted by molar-refractivity contribution is 5.22. The molecule has 0 aromatic carbocycles. The maximum absolute atomic E-state index is 13.0. The molecule has 0 bridgehead atoms. The highest BCUT2D eigenvalue weighted by Crippen LogP contribution is 2.62. The molecule has 2 fully saturated rings. The molecule has 0 aromatic heterocycles. The highest BCUT2D eigenvalue weighted by atomic mass is 19.4. The second kappa shape index (κ2) is 11.4. The molecule has 0 spiro atoms. The van der Waals surface area contributed by atoms with Crippen LogP contribution in [0, 0.1) is 40.4 Å². The van der Waals surface area contributed by atoms with Crippen molar-refractivity contribution in [2.75, 3.05) is 0 Å². The summed E-state index contributed by atoms with van der Waals surface area (Å²) in [6.07, 6.45) is -6.15. The van der Waals surface area contributed by atoms with E-state index in [-0.39, 0.29) is 23.7 Å². The molecule has 0 radical (unpaired) electrons. The first-order valence-corrected chi connectivity index (χ1v) is 12.5. The number of hydrogen-bond acceptors (Lipinski definition) is 2. The van der Waals surface area contributed by atoms with Crippen LogP contribution < -0.4 is 0 Å². The molecule has 2 nitrogen and oxygen atoms in total. The molecule has 2 aliphatic carbocycles. The van der Waals surface area contributed by atoms with E-state index < -0.39 is 29.5 Å². The summed E-state index contributed by atoms with van der Waals surface area (Å²) >= 11 is 0. The number of aliphatic hydroxyl groups is 2. The molecule has 1 unspecified atom stereocenters. The molecule has 2 N–H and O–H groups in total. The Labute approximate surface area is 200 Å². The zero-order valence-corrected chi connectivity index (χ0v) is 21.3. The van der Waals surface area contributed by atoms with E-state index in [1.54, 1.807) is 0 Å². The fraction of sp³-hybridized carbons (Fsp3) is 0.923. The SMILES string of the molecule is CC.CC(C)CCC[C@](C)(CC#CC(O)(C(F)(F)F)C(F)(F)F)[C@H]1CCC2[C@@H](O)CCC[C@@]21C. The van der Waals surface area contributed by atoms with E-state index in [2.05, 4.69) is 26.7 Å². The van der Waals surface area contributed by atoms with Gasteiger partial charge in [0.25, 0.3) is 0 Å². The Balaban J connectivity index is 0.00000281. The molecular weight excluding hydrogens is 458 g/mol. The minimum absolute atomic E-state index is 0.0290. The molecule has 5 atom stereocenters. The van der Waals surface area contributed by atoms with Gasteiger partial charge in [0.1, 0.15) is 0 Å². The summed E-state index contributed by atoms with van der Waals surface area (Å²) in [5, 5.41) is 19.9. The molecule has 0 heterocycles. The Morgan fingerprint density at radius 2 is 1.56 bits per heavy atom. The third-order valence-corrected chi connectivity index (χ3v) is 8.04. The number of rotatable bonds is 6. The van der Waals surface area contributed by atoms with Crippen LogP contribution >= 0.6 is 0 Å². The summed E-state index contributed by atoms with van der Waals surface area (Å²) in [4.78, 5) is 0. The second-order valence-corrected chi connectivity index (χ2v) is 10.8. The van der Waals surface area contributed by atoms with Gasteiger partial charge in [-0.05, 0) is 66.6 Å². The zero-order chi connectivity index (χ0) is 26.6. The molecule has 0 aromatic rings.